The van der Waals surface area contributed by atoms with Crippen molar-refractivity contribution in [2.45, 2.75) is 25.8 Å². The fraction of sp³-hybridized carbons (Fsp3) is 0.600. The number of thiazole rings is 1. The van der Waals surface area contributed by atoms with E-state index in [1.54, 1.807) is 4.90 Å². The van der Waals surface area contributed by atoms with Gasteiger partial charge in [0.05, 0.1) is 18.3 Å². The van der Waals surface area contributed by atoms with Crippen molar-refractivity contribution in [1.82, 2.24) is 9.88 Å². The van der Waals surface area contributed by atoms with E-state index < -0.39 is 0 Å². The summed E-state index contributed by atoms with van der Waals surface area (Å²) in [7, 11) is 0. The number of hydrogen-bond acceptors (Lipinski definition) is 5. The molecule has 1 aliphatic heterocycles. The summed E-state index contributed by atoms with van der Waals surface area (Å²) in [6, 6.07) is 0.0348. The predicted octanol–water partition coefficient (Wildman–Crippen LogP) is 2.02. The number of nitrogen functional groups attached to an aromatic ring is 1. The second-order valence-electron chi connectivity index (χ2n) is 3.66. The number of anilines is 1. The number of hydrogen-bond donors (Lipinski definition) is 1. The number of aromatic nitrogens is 1. The SMILES string of the molecule is CCOC(=O)N1CCC[C@H]1c1csc(N)n1. The van der Waals surface area contributed by atoms with Gasteiger partial charge >= 0.3 is 6.09 Å². The molecular formula is C10H15N3O2S. The number of rotatable bonds is 2. The van der Waals surface area contributed by atoms with Gasteiger partial charge in [0, 0.05) is 11.9 Å². The number of amides is 1. The third kappa shape index (κ3) is 2.11. The van der Waals surface area contributed by atoms with Crippen LogP contribution in [-0.2, 0) is 4.74 Å². The van der Waals surface area contributed by atoms with E-state index >= 15 is 0 Å². The first-order chi connectivity index (χ1) is 7.72. The Morgan fingerprint density at radius 1 is 1.81 bits per heavy atom. The molecule has 2 heterocycles. The Morgan fingerprint density at radius 2 is 2.62 bits per heavy atom. The van der Waals surface area contributed by atoms with Crippen molar-refractivity contribution in [2.24, 2.45) is 0 Å². The first kappa shape index (κ1) is 11.2. The first-order valence-corrected chi connectivity index (χ1v) is 6.24. The van der Waals surface area contributed by atoms with Crippen LogP contribution in [-0.4, -0.2) is 29.1 Å². The first-order valence-electron chi connectivity index (χ1n) is 5.36. The Balaban J connectivity index is 2.11. The van der Waals surface area contributed by atoms with E-state index in [-0.39, 0.29) is 12.1 Å². The average Bonchev–Trinajstić information content (AvgIpc) is 2.85. The molecule has 6 heteroatoms. The minimum atomic E-state index is -0.253. The lowest BCUT2D eigenvalue weighted by molar-refractivity contribution is 0.102. The summed E-state index contributed by atoms with van der Waals surface area (Å²) < 4.78 is 5.02. The summed E-state index contributed by atoms with van der Waals surface area (Å²) in [5.74, 6) is 0. The van der Waals surface area contributed by atoms with Gasteiger partial charge in [-0.15, -0.1) is 11.3 Å². The fourth-order valence-corrected chi connectivity index (χ4v) is 2.56. The molecule has 16 heavy (non-hydrogen) atoms. The molecule has 1 fully saturated rings. The zero-order valence-electron chi connectivity index (χ0n) is 9.18. The normalized spacial score (nSPS) is 20.1. The molecule has 0 bridgehead atoms. The number of nitrogens with two attached hydrogens (primary N) is 1. The smallest absolute Gasteiger partial charge is 0.410 e. The molecule has 0 radical (unpaired) electrons. The van der Waals surface area contributed by atoms with E-state index in [0.717, 1.165) is 25.1 Å². The Morgan fingerprint density at radius 3 is 3.25 bits per heavy atom. The van der Waals surface area contributed by atoms with Gasteiger partial charge in [-0.1, -0.05) is 0 Å². The van der Waals surface area contributed by atoms with Crippen LogP contribution in [0.5, 0.6) is 0 Å². The quantitative estimate of drug-likeness (QED) is 0.860. The highest BCUT2D eigenvalue weighted by atomic mass is 32.1. The van der Waals surface area contributed by atoms with Crippen LogP contribution in [0.15, 0.2) is 5.38 Å². The third-order valence-electron chi connectivity index (χ3n) is 2.64. The maximum Gasteiger partial charge on any atom is 0.410 e. The van der Waals surface area contributed by atoms with Crippen molar-refractivity contribution in [3.8, 4) is 0 Å². The summed E-state index contributed by atoms with van der Waals surface area (Å²) in [5.41, 5.74) is 6.48. The molecule has 1 atom stereocenters. The summed E-state index contributed by atoms with van der Waals surface area (Å²) in [6.45, 7) is 2.95. The van der Waals surface area contributed by atoms with Gasteiger partial charge in [-0.3, -0.25) is 4.90 Å². The van der Waals surface area contributed by atoms with Crippen LogP contribution < -0.4 is 5.73 Å². The highest BCUT2D eigenvalue weighted by molar-refractivity contribution is 7.13. The molecule has 0 unspecified atom stereocenters. The molecule has 1 aromatic heterocycles. The molecule has 0 spiro atoms. The number of likely N-dealkylation sites (tertiary alicyclic amines) is 1. The van der Waals surface area contributed by atoms with Crippen LogP contribution in [0.2, 0.25) is 0 Å². The van der Waals surface area contributed by atoms with E-state index in [1.807, 2.05) is 12.3 Å². The Kier molecular flexibility index (Phi) is 3.28. The van der Waals surface area contributed by atoms with Crippen molar-refractivity contribution in [3.63, 3.8) is 0 Å². The molecule has 1 aliphatic rings. The lowest BCUT2D eigenvalue weighted by Crippen LogP contribution is -2.31. The maximum atomic E-state index is 11.7. The number of carbonyl (C=O) groups excluding carboxylic acids is 1. The molecule has 5 nitrogen and oxygen atoms in total. The van der Waals surface area contributed by atoms with Crippen molar-refractivity contribution in [1.29, 1.82) is 0 Å². The summed E-state index contributed by atoms with van der Waals surface area (Å²) in [4.78, 5) is 17.7. The van der Waals surface area contributed by atoms with E-state index in [0.29, 0.717) is 11.7 Å². The fourth-order valence-electron chi connectivity index (χ4n) is 1.95. The molecule has 1 aromatic rings. The molecule has 88 valence electrons. The van der Waals surface area contributed by atoms with Gasteiger partial charge < -0.3 is 10.5 Å². The van der Waals surface area contributed by atoms with Crippen LogP contribution in [0, 0.1) is 0 Å². The van der Waals surface area contributed by atoms with E-state index in [2.05, 4.69) is 4.98 Å². The van der Waals surface area contributed by atoms with Gasteiger partial charge in [0.2, 0.25) is 0 Å². The van der Waals surface area contributed by atoms with Crippen LogP contribution in [0.4, 0.5) is 9.93 Å². The van der Waals surface area contributed by atoms with Crippen LogP contribution in [0.25, 0.3) is 0 Å². The highest BCUT2D eigenvalue weighted by Crippen LogP contribution is 2.33. The second kappa shape index (κ2) is 4.69. The lowest BCUT2D eigenvalue weighted by Gasteiger charge is -2.22. The van der Waals surface area contributed by atoms with E-state index in [9.17, 15) is 4.79 Å². The average molecular weight is 241 g/mol. The minimum Gasteiger partial charge on any atom is -0.450 e. The monoisotopic (exact) mass is 241 g/mol. The summed E-state index contributed by atoms with van der Waals surface area (Å²) in [5, 5.41) is 2.46. The molecule has 2 rings (SSSR count). The van der Waals surface area contributed by atoms with Crippen molar-refractivity contribution >= 4 is 22.6 Å². The topological polar surface area (TPSA) is 68.5 Å². The maximum absolute atomic E-state index is 11.7. The van der Waals surface area contributed by atoms with Crippen molar-refractivity contribution in [2.75, 3.05) is 18.9 Å². The molecule has 0 aliphatic carbocycles. The molecular weight excluding hydrogens is 226 g/mol. The van der Waals surface area contributed by atoms with Crippen LogP contribution in [0.3, 0.4) is 0 Å². The third-order valence-corrected chi connectivity index (χ3v) is 3.33. The summed E-state index contributed by atoms with van der Waals surface area (Å²) >= 11 is 1.41. The largest absolute Gasteiger partial charge is 0.450 e. The predicted molar refractivity (Wildman–Crippen MR) is 62.2 cm³/mol. The van der Waals surface area contributed by atoms with Crippen LogP contribution >= 0.6 is 11.3 Å². The molecule has 1 saturated heterocycles. The number of ether oxygens (including phenoxy) is 1. The van der Waals surface area contributed by atoms with Crippen LogP contribution in [0.1, 0.15) is 31.5 Å². The van der Waals surface area contributed by atoms with Gasteiger partial charge in [0.25, 0.3) is 0 Å². The Hall–Kier alpha value is -1.30. The van der Waals surface area contributed by atoms with Gasteiger partial charge in [-0.05, 0) is 19.8 Å². The molecule has 0 saturated carbocycles. The van der Waals surface area contributed by atoms with Gasteiger partial charge in [0.1, 0.15) is 0 Å². The Bertz CT molecular complexity index is 380. The zero-order valence-corrected chi connectivity index (χ0v) is 10.00. The lowest BCUT2D eigenvalue weighted by atomic mass is 10.2. The van der Waals surface area contributed by atoms with Gasteiger partial charge in [0.15, 0.2) is 5.13 Å². The van der Waals surface area contributed by atoms with Gasteiger partial charge in [-0.2, -0.15) is 0 Å². The Labute approximate surface area is 98.2 Å². The van der Waals surface area contributed by atoms with Crippen molar-refractivity contribution < 1.29 is 9.53 Å². The van der Waals surface area contributed by atoms with E-state index in [4.69, 9.17) is 10.5 Å². The van der Waals surface area contributed by atoms with E-state index in [1.165, 1.54) is 11.3 Å². The molecule has 2 N–H and O–H groups in total. The molecule has 0 aromatic carbocycles. The standard InChI is InChI=1S/C10H15N3O2S/c1-2-15-10(14)13-5-3-4-8(13)7-6-16-9(11)12-7/h6,8H,2-5H2,1H3,(H2,11,12)/t8-/m0/s1. The minimum absolute atomic E-state index is 0.0348. The van der Waals surface area contributed by atoms with Crippen molar-refractivity contribution in [3.05, 3.63) is 11.1 Å². The number of carbonyl (C=O) groups is 1. The zero-order chi connectivity index (χ0) is 11.5. The highest BCUT2D eigenvalue weighted by Gasteiger charge is 2.32. The second-order valence-corrected chi connectivity index (χ2v) is 4.55. The summed E-state index contributed by atoms with van der Waals surface area (Å²) in [6.07, 6.45) is 1.67. The number of nitrogens with zero attached hydrogens (tertiary/aromatic N) is 2. The molecule has 1 amide bonds. The van der Waals surface area contributed by atoms with Gasteiger partial charge in [-0.25, -0.2) is 9.78 Å².